The largest absolute Gasteiger partial charge is 0.497 e. The highest BCUT2D eigenvalue weighted by atomic mass is 32.2. The summed E-state index contributed by atoms with van der Waals surface area (Å²) in [7, 11) is 1.65. The number of benzene rings is 3. The van der Waals surface area contributed by atoms with Crippen molar-refractivity contribution in [2.75, 3.05) is 7.11 Å². The van der Waals surface area contributed by atoms with Gasteiger partial charge in [0.1, 0.15) is 16.6 Å². The lowest BCUT2D eigenvalue weighted by atomic mass is 10.1. The van der Waals surface area contributed by atoms with Crippen molar-refractivity contribution in [1.82, 2.24) is 20.3 Å². The highest BCUT2D eigenvalue weighted by Gasteiger charge is 2.13. The molecule has 0 saturated heterocycles. The van der Waals surface area contributed by atoms with Crippen molar-refractivity contribution in [3.8, 4) is 28.4 Å². The van der Waals surface area contributed by atoms with Crippen LogP contribution >= 0.6 is 11.8 Å². The summed E-state index contributed by atoms with van der Waals surface area (Å²) in [5, 5.41) is 3.69. The Morgan fingerprint density at radius 2 is 1.64 bits per heavy atom. The maximum Gasteiger partial charge on any atom is 0.254 e. The van der Waals surface area contributed by atoms with E-state index in [1.165, 1.54) is 11.8 Å². The average molecular weight is 493 g/mol. The molecular formula is C29H24N4O2S. The zero-order chi connectivity index (χ0) is 24.7. The van der Waals surface area contributed by atoms with Crippen molar-refractivity contribution in [2.24, 2.45) is 0 Å². The zero-order valence-electron chi connectivity index (χ0n) is 19.6. The lowest BCUT2D eigenvalue weighted by molar-refractivity contribution is 0.0947. The van der Waals surface area contributed by atoms with Crippen molar-refractivity contribution >= 4 is 17.7 Å². The van der Waals surface area contributed by atoms with Crippen molar-refractivity contribution < 1.29 is 9.53 Å². The van der Waals surface area contributed by atoms with E-state index in [0.717, 1.165) is 38.9 Å². The molecular weight excluding hydrogens is 468 g/mol. The van der Waals surface area contributed by atoms with Gasteiger partial charge in [-0.05, 0) is 59.7 Å². The second-order valence-corrected chi connectivity index (χ2v) is 9.09. The first-order valence-corrected chi connectivity index (χ1v) is 12.3. The fraction of sp³-hybridized carbons (Fsp3) is 0.0690. The highest BCUT2D eigenvalue weighted by molar-refractivity contribution is 7.99. The van der Waals surface area contributed by atoms with Crippen LogP contribution < -0.4 is 10.1 Å². The molecule has 0 atom stereocenters. The third-order valence-corrected chi connectivity index (χ3v) is 6.66. The molecule has 0 saturated carbocycles. The van der Waals surface area contributed by atoms with Crippen LogP contribution in [0.2, 0.25) is 0 Å². The Morgan fingerprint density at radius 1 is 0.889 bits per heavy atom. The fourth-order valence-corrected chi connectivity index (χ4v) is 4.59. The molecule has 0 aliphatic carbocycles. The van der Waals surface area contributed by atoms with Gasteiger partial charge in [-0.1, -0.05) is 54.2 Å². The van der Waals surface area contributed by atoms with Crippen molar-refractivity contribution in [3.63, 3.8) is 0 Å². The molecule has 0 unspecified atom stereocenters. The first kappa shape index (κ1) is 23.4. The SMILES string of the molecule is COc1ccc(-c2cnc(-c3ccc(CNC(=O)c4cccnc4Sc4ccccc4)cc3)[nH]2)cc1. The summed E-state index contributed by atoms with van der Waals surface area (Å²) in [5.41, 5.74) is 4.50. The van der Waals surface area contributed by atoms with Crippen molar-refractivity contribution in [3.05, 3.63) is 115 Å². The van der Waals surface area contributed by atoms with Gasteiger partial charge in [0.15, 0.2) is 0 Å². The van der Waals surface area contributed by atoms with Gasteiger partial charge in [0.05, 0.1) is 24.6 Å². The molecule has 5 rings (SSSR count). The third-order valence-electron chi connectivity index (χ3n) is 5.63. The lowest BCUT2D eigenvalue weighted by Gasteiger charge is -2.09. The molecule has 7 heteroatoms. The minimum Gasteiger partial charge on any atom is -0.497 e. The molecule has 0 spiro atoms. The molecule has 5 aromatic rings. The monoisotopic (exact) mass is 492 g/mol. The Balaban J connectivity index is 1.23. The molecule has 0 fully saturated rings. The number of methoxy groups -OCH3 is 1. The number of imidazole rings is 1. The number of amides is 1. The molecule has 0 radical (unpaired) electrons. The number of nitrogens with zero attached hydrogens (tertiary/aromatic N) is 2. The predicted molar refractivity (Wildman–Crippen MR) is 142 cm³/mol. The van der Waals surface area contributed by atoms with Gasteiger partial charge in [-0.3, -0.25) is 4.79 Å². The first-order valence-electron chi connectivity index (χ1n) is 11.4. The Kier molecular flexibility index (Phi) is 7.10. The molecule has 2 N–H and O–H groups in total. The maximum absolute atomic E-state index is 12.9. The molecule has 2 heterocycles. The molecule has 0 aliphatic rings. The van der Waals surface area contributed by atoms with Crippen LogP contribution in [-0.4, -0.2) is 28.0 Å². The summed E-state index contributed by atoms with van der Waals surface area (Å²) in [6, 6.07) is 29.3. The van der Waals surface area contributed by atoms with Gasteiger partial charge >= 0.3 is 0 Å². The van der Waals surface area contributed by atoms with Gasteiger partial charge in [-0.2, -0.15) is 0 Å². The topological polar surface area (TPSA) is 79.9 Å². The summed E-state index contributed by atoms with van der Waals surface area (Å²) < 4.78 is 5.22. The number of pyridine rings is 1. The quantitative estimate of drug-likeness (QED) is 0.268. The normalized spacial score (nSPS) is 10.7. The smallest absolute Gasteiger partial charge is 0.254 e. The summed E-state index contributed by atoms with van der Waals surface area (Å²) >= 11 is 1.48. The van der Waals surface area contributed by atoms with E-state index in [-0.39, 0.29) is 5.91 Å². The number of aromatic nitrogens is 3. The number of hydrogen-bond acceptors (Lipinski definition) is 5. The molecule has 1 amide bonds. The van der Waals surface area contributed by atoms with E-state index in [0.29, 0.717) is 17.1 Å². The number of ether oxygens (including phenoxy) is 1. The highest BCUT2D eigenvalue weighted by Crippen LogP contribution is 2.28. The van der Waals surface area contributed by atoms with Crippen LogP contribution in [0.5, 0.6) is 5.75 Å². The standard InChI is InChI=1S/C29H24N4O2S/c1-35-23-15-13-21(14-16-23)26-19-31-27(33-26)22-11-9-20(10-12-22)18-32-28(34)25-8-5-17-30-29(25)36-24-6-3-2-4-7-24/h2-17,19H,18H2,1H3,(H,31,33)(H,32,34). The van der Waals surface area contributed by atoms with E-state index in [9.17, 15) is 4.79 Å². The Hall–Kier alpha value is -4.36. The van der Waals surface area contributed by atoms with Gasteiger partial charge in [0.25, 0.3) is 5.91 Å². The Bertz CT molecular complexity index is 1450. The van der Waals surface area contributed by atoms with Crippen LogP contribution in [0.25, 0.3) is 22.6 Å². The number of aromatic amines is 1. The molecule has 36 heavy (non-hydrogen) atoms. The van der Waals surface area contributed by atoms with Crippen LogP contribution in [-0.2, 0) is 6.54 Å². The summed E-state index contributed by atoms with van der Waals surface area (Å²) in [6.07, 6.45) is 3.53. The minimum absolute atomic E-state index is 0.152. The summed E-state index contributed by atoms with van der Waals surface area (Å²) in [4.78, 5) is 26.3. The molecule has 3 aromatic carbocycles. The van der Waals surface area contributed by atoms with Crippen LogP contribution in [0.3, 0.4) is 0 Å². The summed E-state index contributed by atoms with van der Waals surface area (Å²) in [5.74, 6) is 1.45. The molecule has 6 nitrogen and oxygen atoms in total. The third kappa shape index (κ3) is 5.47. The number of rotatable bonds is 8. The van der Waals surface area contributed by atoms with Crippen LogP contribution in [0.15, 0.2) is 113 Å². The molecule has 0 aliphatic heterocycles. The first-order chi connectivity index (χ1) is 17.7. The average Bonchev–Trinajstić information content (AvgIpc) is 3.43. The van der Waals surface area contributed by atoms with Crippen molar-refractivity contribution in [2.45, 2.75) is 16.5 Å². The fourth-order valence-electron chi connectivity index (χ4n) is 3.69. The predicted octanol–water partition coefficient (Wildman–Crippen LogP) is 6.23. The van der Waals surface area contributed by atoms with Crippen molar-refractivity contribution in [1.29, 1.82) is 0 Å². The van der Waals surface area contributed by atoms with Crippen LogP contribution in [0, 0.1) is 0 Å². The van der Waals surface area contributed by atoms with Gasteiger partial charge < -0.3 is 15.0 Å². The second-order valence-electron chi connectivity index (χ2n) is 8.02. The van der Waals surface area contributed by atoms with Crippen LogP contribution in [0.1, 0.15) is 15.9 Å². The van der Waals surface area contributed by atoms with E-state index in [4.69, 9.17) is 4.74 Å². The maximum atomic E-state index is 12.9. The number of H-pyrrole nitrogens is 1. The lowest BCUT2D eigenvalue weighted by Crippen LogP contribution is -2.23. The van der Waals surface area contributed by atoms with Gasteiger partial charge in [-0.25, -0.2) is 9.97 Å². The number of carbonyl (C=O) groups is 1. The van der Waals surface area contributed by atoms with E-state index in [2.05, 4.69) is 20.3 Å². The van der Waals surface area contributed by atoms with Crippen LogP contribution in [0.4, 0.5) is 0 Å². The van der Waals surface area contributed by atoms with E-state index in [1.807, 2.05) is 85.1 Å². The number of nitrogens with one attached hydrogen (secondary N) is 2. The van der Waals surface area contributed by atoms with E-state index < -0.39 is 0 Å². The Labute approximate surface area is 213 Å². The minimum atomic E-state index is -0.152. The van der Waals surface area contributed by atoms with Gasteiger partial charge in [-0.15, -0.1) is 0 Å². The van der Waals surface area contributed by atoms with E-state index >= 15 is 0 Å². The van der Waals surface area contributed by atoms with Gasteiger partial charge in [0.2, 0.25) is 0 Å². The number of hydrogen-bond donors (Lipinski definition) is 2. The van der Waals surface area contributed by atoms with Gasteiger partial charge in [0, 0.05) is 23.2 Å². The Morgan fingerprint density at radius 3 is 2.39 bits per heavy atom. The molecule has 178 valence electrons. The summed E-state index contributed by atoms with van der Waals surface area (Å²) in [6.45, 7) is 0.415. The molecule has 2 aromatic heterocycles. The zero-order valence-corrected chi connectivity index (χ0v) is 20.5. The van der Waals surface area contributed by atoms with E-state index in [1.54, 1.807) is 25.4 Å². The second kappa shape index (κ2) is 10.9. The number of carbonyl (C=O) groups excluding carboxylic acids is 1. The molecule has 0 bridgehead atoms.